The SMILES string of the molecule is CC1C2CCC(C2)C1C.COC. The highest BCUT2D eigenvalue weighted by molar-refractivity contribution is 4.92. The van der Waals surface area contributed by atoms with Crippen LogP contribution >= 0.6 is 0 Å². The summed E-state index contributed by atoms with van der Waals surface area (Å²) in [5.41, 5.74) is 0. The predicted octanol–water partition coefficient (Wildman–Crippen LogP) is 2.95. The fraction of sp³-hybridized carbons (Fsp3) is 1.00. The molecule has 0 saturated heterocycles. The van der Waals surface area contributed by atoms with Gasteiger partial charge in [0.1, 0.15) is 0 Å². The lowest BCUT2D eigenvalue weighted by atomic mass is 9.82. The summed E-state index contributed by atoms with van der Waals surface area (Å²) in [6, 6.07) is 0. The molecular weight excluding hydrogens is 148 g/mol. The van der Waals surface area contributed by atoms with Gasteiger partial charge in [0.2, 0.25) is 0 Å². The van der Waals surface area contributed by atoms with Gasteiger partial charge in [-0.3, -0.25) is 0 Å². The molecule has 0 aliphatic heterocycles. The average Bonchev–Trinajstić information content (AvgIpc) is 2.58. The van der Waals surface area contributed by atoms with E-state index in [0.717, 1.165) is 23.7 Å². The van der Waals surface area contributed by atoms with Crippen LogP contribution in [0.2, 0.25) is 0 Å². The highest BCUT2D eigenvalue weighted by Crippen LogP contribution is 2.51. The van der Waals surface area contributed by atoms with Gasteiger partial charge < -0.3 is 4.74 Å². The second-order valence-electron chi connectivity index (χ2n) is 4.46. The molecule has 4 unspecified atom stereocenters. The molecule has 2 aliphatic rings. The van der Waals surface area contributed by atoms with Gasteiger partial charge in [-0.15, -0.1) is 0 Å². The van der Waals surface area contributed by atoms with Gasteiger partial charge in [0.15, 0.2) is 0 Å². The third-order valence-electron chi connectivity index (χ3n) is 3.83. The second kappa shape index (κ2) is 4.27. The van der Waals surface area contributed by atoms with Crippen LogP contribution in [0.1, 0.15) is 33.1 Å². The van der Waals surface area contributed by atoms with Crippen LogP contribution in [0.5, 0.6) is 0 Å². The molecule has 2 rings (SSSR count). The van der Waals surface area contributed by atoms with Crippen LogP contribution in [-0.2, 0) is 4.74 Å². The van der Waals surface area contributed by atoms with E-state index in [2.05, 4.69) is 18.6 Å². The van der Waals surface area contributed by atoms with Crippen molar-refractivity contribution in [1.29, 1.82) is 0 Å². The molecule has 2 saturated carbocycles. The standard InChI is InChI=1S/C9H16.C2H6O/c1-6-7(2)9-4-3-8(6)5-9;1-3-2/h6-9H,3-5H2,1-2H3;1-2H3. The molecule has 0 spiro atoms. The van der Waals surface area contributed by atoms with Crippen LogP contribution in [-0.4, -0.2) is 14.2 Å². The smallest absolute Gasteiger partial charge is 0.0351 e. The van der Waals surface area contributed by atoms with Gasteiger partial charge >= 0.3 is 0 Å². The van der Waals surface area contributed by atoms with Crippen LogP contribution in [0.3, 0.4) is 0 Å². The lowest BCUT2D eigenvalue weighted by molar-refractivity contribution is 0.259. The second-order valence-corrected chi connectivity index (χ2v) is 4.46. The Morgan fingerprint density at radius 3 is 1.42 bits per heavy atom. The number of methoxy groups -OCH3 is 1. The molecule has 0 aromatic carbocycles. The van der Waals surface area contributed by atoms with Crippen molar-refractivity contribution >= 4 is 0 Å². The molecule has 2 bridgehead atoms. The van der Waals surface area contributed by atoms with Crippen LogP contribution in [0.4, 0.5) is 0 Å². The molecule has 0 amide bonds. The molecule has 2 fully saturated rings. The third kappa shape index (κ3) is 1.82. The van der Waals surface area contributed by atoms with E-state index in [0.29, 0.717) is 0 Å². The van der Waals surface area contributed by atoms with Gasteiger partial charge in [-0.25, -0.2) is 0 Å². The minimum Gasteiger partial charge on any atom is -0.388 e. The van der Waals surface area contributed by atoms with E-state index in [1.54, 1.807) is 20.6 Å². The zero-order valence-corrected chi connectivity index (χ0v) is 8.84. The van der Waals surface area contributed by atoms with Crippen LogP contribution < -0.4 is 0 Å². The first-order valence-electron chi connectivity index (χ1n) is 5.10. The average molecular weight is 170 g/mol. The highest BCUT2D eigenvalue weighted by Gasteiger charge is 2.42. The molecule has 1 nitrogen and oxygen atoms in total. The third-order valence-corrected chi connectivity index (χ3v) is 3.83. The Labute approximate surface area is 76.5 Å². The molecule has 2 aliphatic carbocycles. The Balaban J connectivity index is 0.000000213. The quantitative estimate of drug-likeness (QED) is 0.543. The summed E-state index contributed by atoms with van der Waals surface area (Å²) in [4.78, 5) is 0. The van der Waals surface area contributed by atoms with Crippen molar-refractivity contribution in [3.8, 4) is 0 Å². The topological polar surface area (TPSA) is 9.23 Å². The summed E-state index contributed by atoms with van der Waals surface area (Å²) >= 11 is 0. The van der Waals surface area contributed by atoms with Gasteiger partial charge in [0, 0.05) is 14.2 Å². The van der Waals surface area contributed by atoms with Gasteiger partial charge in [0.05, 0.1) is 0 Å². The summed E-state index contributed by atoms with van der Waals surface area (Å²) in [6.45, 7) is 4.88. The molecule has 0 radical (unpaired) electrons. The van der Waals surface area contributed by atoms with Crippen molar-refractivity contribution in [2.24, 2.45) is 23.7 Å². The van der Waals surface area contributed by atoms with E-state index < -0.39 is 0 Å². The fourth-order valence-electron chi connectivity index (χ4n) is 2.87. The molecule has 72 valence electrons. The maximum absolute atomic E-state index is 4.25. The first-order valence-corrected chi connectivity index (χ1v) is 5.10. The molecule has 0 aromatic rings. The maximum atomic E-state index is 4.25. The van der Waals surface area contributed by atoms with E-state index in [4.69, 9.17) is 0 Å². The van der Waals surface area contributed by atoms with E-state index in [-0.39, 0.29) is 0 Å². The summed E-state index contributed by atoms with van der Waals surface area (Å²) in [6.07, 6.45) is 4.63. The summed E-state index contributed by atoms with van der Waals surface area (Å²) < 4.78 is 4.25. The summed E-state index contributed by atoms with van der Waals surface area (Å²) in [7, 11) is 3.25. The summed E-state index contributed by atoms with van der Waals surface area (Å²) in [5.74, 6) is 4.32. The molecule has 0 heterocycles. The van der Waals surface area contributed by atoms with E-state index >= 15 is 0 Å². The molecule has 1 heteroatoms. The van der Waals surface area contributed by atoms with Crippen molar-refractivity contribution in [2.45, 2.75) is 33.1 Å². The van der Waals surface area contributed by atoms with E-state index in [1.807, 2.05) is 0 Å². The summed E-state index contributed by atoms with van der Waals surface area (Å²) in [5, 5.41) is 0. The van der Waals surface area contributed by atoms with Crippen LogP contribution in [0.25, 0.3) is 0 Å². The molecule has 12 heavy (non-hydrogen) atoms. The zero-order chi connectivity index (χ0) is 9.14. The molecule has 0 N–H and O–H groups in total. The van der Waals surface area contributed by atoms with Crippen molar-refractivity contribution in [1.82, 2.24) is 0 Å². The number of fused-ring (bicyclic) bond motifs is 2. The highest BCUT2D eigenvalue weighted by atomic mass is 16.4. The molecule has 4 atom stereocenters. The lowest BCUT2D eigenvalue weighted by Crippen LogP contribution is -2.15. The van der Waals surface area contributed by atoms with Crippen molar-refractivity contribution in [3.63, 3.8) is 0 Å². The van der Waals surface area contributed by atoms with Gasteiger partial charge in [-0.05, 0) is 42.9 Å². The van der Waals surface area contributed by atoms with E-state index in [1.165, 1.54) is 12.8 Å². The minimum absolute atomic E-state index is 1.05. The Hall–Kier alpha value is -0.0400. The Bertz CT molecular complexity index is 115. The van der Waals surface area contributed by atoms with Crippen molar-refractivity contribution in [2.75, 3.05) is 14.2 Å². The monoisotopic (exact) mass is 170 g/mol. The molecule has 0 aromatic heterocycles. The minimum atomic E-state index is 1.05. The van der Waals surface area contributed by atoms with Gasteiger partial charge in [-0.2, -0.15) is 0 Å². The largest absolute Gasteiger partial charge is 0.388 e. The van der Waals surface area contributed by atoms with Crippen LogP contribution in [0, 0.1) is 23.7 Å². The predicted molar refractivity (Wildman–Crippen MR) is 52.1 cm³/mol. The van der Waals surface area contributed by atoms with Crippen LogP contribution in [0.15, 0.2) is 0 Å². The first kappa shape index (κ1) is 10.0. The van der Waals surface area contributed by atoms with Crippen molar-refractivity contribution < 1.29 is 4.74 Å². The Morgan fingerprint density at radius 1 is 0.917 bits per heavy atom. The van der Waals surface area contributed by atoms with E-state index in [9.17, 15) is 0 Å². The van der Waals surface area contributed by atoms with Gasteiger partial charge in [-0.1, -0.05) is 13.8 Å². The maximum Gasteiger partial charge on any atom is 0.0351 e. The van der Waals surface area contributed by atoms with Crippen molar-refractivity contribution in [3.05, 3.63) is 0 Å². The lowest BCUT2D eigenvalue weighted by Gasteiger charge is -2.24. The Kier molecular flexibility index (Phi) is 3.57. The number of hydrogen-bond donors (Lipinski definition) is 0. The zero-order valence-electron chi connectivity index (χ0n) is 8.84. The normalized spacial score (nSPS) is 44.0. The van der Waals surface area contributed by atoms with Gasteiger partial charge in [0.25, 0.3) is 0 Å². The fourth-order valence-corrected chi connectivity index (χ4v) is 2.87. The number of ether oxygens (including phenoxy) is 1. The number of rotatable bonds is 0. The first-order chi connectivity index (χ1) is 5.70. The Morgan fingerprint density at radius 2 is 1.25 bits per heavy atom. The molecular formula is C11H22O. The number of hydrogen-bond acceptors (Lipinski definition) is 1.